The Hall–Kier alpha value is -2.60. The van der Waals surface area contributed by atoms with E-state index in [1.165, 1.54) is 25.8 Å². The highest BCUT2D eigenvalue weighted by molar-refractivity contribution is 5.95. The summed E-state index contributed by atoms with van der Waals surface area (Å²) in [6, 6.07) is 9.99. The second-order valence-corrected chi connectivity index (χ2v) is 6.32. The average Bonchev–Trinajstić information content (AvgIpc) is 2.65. The van der Waals surface area contributed by atoms with Crippen LogP contribution in [0, 0.1) is 5.82 Å². The molecule has 1 atom stereocenters. The number of carbonyl (C=O) groups is 1. The lowest BCUT2D eigenvalue weighted by Gasteiger charge is -2.15. The van der Waals surface area contributed by atoms with Crippen LogP contribution < -0.4 is 20.5 Å². The summed E-state index contributed by atoms with van der Waals surface area (Å²) < 4.78 is 24.3. The summed E-state index contributed by atoms with van der Waals surface area (Å²) in [5.74, 6) is -0.295. The van der Waals surface area contributed by atoms with Gasteiger partial charge in [-0.1, -0.05) is 38.1 Å². The first-order valence-corrected chi connectivity index (χ1v) is 8.42. The topological polar surface area (TPSA) is 73.6 Å². The van der Waals surface area contributed by atoms with Gasteiger partial charge in [-0.05, 0) is 23.1 Å². The van der Waals surface area contributed by atoms with E-state index in [4.69, 9.17) is 15.2 Å². The molecule has 2 aromatic rings. The molecule has 26 heavy (non-hydrogen) atoms. The number of methoxy groups -OCH3 is 2. The molecule has 0 heterocycles. The van der Waals surface area contributed by atoms with Crippen molar-refractivity contribution in [1.29, 1.82) is 0 Å². The quantitative estimate of drug-likeness (QED) is 0.794. The molecular formula is C20H25FN2O3. The highest BCUT2D eigenvalue weighted by Gasteiger charge is 2.18. The molecule has 0 bridgehead atoms. The number of halogens is 1. The SMILES string of the molecule is COc1cc(F)c(C(=O)NCC(N)c2ccc(C(C)C)cc2)cc1OC. The number of ether oxygens (including phenoxy) is 2. The number of benzene rings is 2. The van der Waals surface area contributed by atoms with Gasteiger partial charge in [0.2, 0.25) is 0 Å². The molecule has 0 fully saturated rings. The summed E-state index contributed by atoms with van der Waals surface area (Å²) in [5.41, 5.74) is 8.14. The number of hydrogen-bond acceptors (Lipinski definition) is 4. The monoisotopic (exact) mass is 360 g/mol. The van der Waals surface area contributed by atoms with Crippen molar-refractivity contribution in [3.8, 4) is 11.5 Å². The molecule has 0 aliphatic carbocycles. The van der Waals surface area contributed by atoms with Crippen molar-refractivity contribution in [1.82, 2.24) is 5.32 Å². The molecular weight excluding hydrogens is 335 g/mol. The van der Waals surface area contributed by atoms with Crippen molar-refractivity contribution in [2.24, 2.45) is 5.73 Å². The van der Waals surface area contributed by atoms with Crippen LogP contribution in [0.5, 0.6) is 11.5 Å². The third kappa shape index (κ3) is 4.52. The van der Waals surface area contributed by atoms with E-state index in [2.05, 4.69) is 19.2 Å². The van der Waals surface area contributed by atoms with E-state index in [0.717, 1.165) is 11.6 Å². The van der Waals surface area contributed by atoms with Crippen molar-refractivity contribution in [3.63, 3.8) is 0 Å². The molecule has 0 saturated heterocycles. The third-order valence-electron chi connectivity index (χ3n) is 4.23. The molecule has 6 heteroatoms. The number of nitrogens with two attached hydrogens (primary N) is 1. The minimum Gasteiger partial charge on any atom is -0.493 e. The molecule has 5 nitrogen and oxygen atoms in total. The van der Waals surface area contributed by atoms with Crippen LogP contribution in [0.25, 0.3) is 0 Å². The predicted molar refractivity (Wildman–Crippen MR) is 99.3 cm³/mol. The van der Waals surface area contributed by atoms with Gasteiger partial charge >= 0.3 is 0 Å². The normalized spacial score (nSPS) is 12.0. The van der Waals surface area contributed by atoms with Gasteiger partial charge in [0.25, 0.3) is 5.91 Å². The molecule has 0 aromatic heterocycles. The lowest BCUT2D eigenvalue weighted by molar-refractivity contribution is 0.0946. The molecule has 0 aliphatic heterocycles. The fourth-order valence-corrected chi connectivity index (χ4v) is 2.57. The summed E-state index contributed by atoms with van der Waals surface area (Å²) in [6.07, 6.45) is 0. The first-order chi connectivity index (χ1) is 12.4. The molecule has 2 rings (SSSR count). The summed E-state index contributed by atoms with van der Waals surface area (Å²) in [7, 11) is 2.83. The minimum absolute atomic E-state index is 0.120. The van der Waals surface area contributed by atoms with Crippen LogP contribution in [-0.4, -0.2) is 26.7 Å². The fraction of sp³-hybridized carbons (Fsp3) is 0.350. The van der Waals surface area contributed by atoms with Crippen molar-refractivity contribution >= 4 is 5.91 Å². The van der Waals surface area contributed by atoms with Gasteiger partial charge in [0, 0.05) is 18.7 Å². The maximum Gasteiger partial charge on any atom is 0.254 e. The van der Waals surface area contributed by atoms with E-state index in [-0.39, 0.29) is 29.6 Å². The number of hydrogen-bond donors (Lipinski definition) is 2. The average molecular weight is 360 g/mol. The Kier molecular flexibility index (Phi) is 6.58. The lowest BCUT2D eigenvalue weighted by atomic mass is 9.99. The van der Waals surface area contributed by atoms with Crippen LogP contribution in [0.2, 0.25) is 0 Å². The zero-order valence-corrected chi connectivity index (χ0v) is 15.5. The van der Waals surface area contributed by atoms with Gasteiger partial charge in [0.15, 0.2) is 11.5 Å². The van der Waals surface area contributed by atoms with E-state index < -0.39 is 11.7 Å². The van der Waals surface area contributed by atoms with Gasteiger partial charge in [-0.3, -0.25) is 4.79 Å². The van der Waals surface area contributed by atoms with E-state index in [1.54, 1.807) is 0 Å². The second-order valence-electron chi connectivity index (χ2n) is 6.32. The van der Waals surface area contributed by atoms with Gasteiger partial charge in [0.1, 0.15) is 5.82 Å². The molecule has 0 radical (unpaired) electrons. The van der Waals surface area contributed by atoms with Gasteiger partial charge in [0.05, 0.1) is 19.8 Å². The molecule has 3 N–H and O–H groups in total. The van der Waals surface area contributed by atoms with Crippen LogP contribution in [0.3, 0.4) is 0 Å². The zero-order chi connectivity index (χ0) is 19.3. The number of carbonyl (C=O) groups excluding carboxylic acids is 1. The predicted octanol–water partition coefficient (Wildman–Crippen LogP) is 3.40. The van der Waals surface area contributed by atoms with E-state index >= 15 is 0 Å². The van der Waals surface area contributed by atoms with Crippen molar-refractivity contribution in [3.05, 3.63) is 58.9 Å². The first-order valence-electron chi connectivity index (χ1n) is 8.42. The highest BCUT2D eigenvalue weighted by atomic mass is 19.1. The fourth-order valence-electron chi connectivity index (χ4n) is 2.57. The number of nitrogens with one attached hydrogen (secondary N) is 1. The third-order valence-corrected chi connectivity index (χ3v) is 4.23. The maximum atomic E-state index is 14.1. The maximum absolute atomic E-state index is 14.1. The smallest absolute Gasteiger partial charge is 0.254 e. The first kappa shape index (κ1) is 19.7. The molecule has 0 spiro atoms. The molecule has 0 aliphatic rings. The Bertz CT molecular complexity index is 760. The van der Waals surface area contributed by atoms with Crippen molar-refractivity contribution in [2.45, 2.75) is 25.8 Å². The summed E-state index contributed by atoms with van der Waals surface area (Å²) >= 11 is 0. The van der Waals surface area contributed by atoms with E-state index in [1.807, 2.05) is 24.3 Å². The van der Waals surface area contributed by atoms with Crippen LogP contribution in [0.4, 0.5) is 4.39 Å². The van der Waals surface area contributed by atoms with E-state index in [0.29, 0.717) is 5.92 Å². The van der Waals surface area contributed by atoms with Gasteiger partial charge in [-0.25, -0.2) is 4.39 Å². The molecule has 140 valence electrons. The van der Waals surface area contributed by atoms with Crippen molar-refractivity contribution < 1.29 is 18.7 Å². The van der Waals surface area contributed by atoms with Crippen LogP contribution in [-0.2, 0) is 0 Å². The second kappa shape index (κ2) is 8.67. The molecule has 2 aromatic carbocycles. The largest absolute Gasteiger partial charge is 0.493 e. The van der Waals surface area contributed by atoms with Crippen LogP contribution >= 0.6 is 0 Å². The summed E-state index contributed by atoms with van der Waals surface area (Å²) in [5, 5.41) is 2.66. The van der Waals surface area contributed by atoms with Crippen LogP contribution in [0.15, 0.2) is 36.4 Å². The van der Waals surface area contributed by atoms with Gasteiger partial charge in [-0.2, -0.15) is 0 Å². The van der Waals surface area contributed by atoms with Crippen molar-refractivity contribution in [2.75, 3.05) is 20.8 Å². The zero-order valence-electron chi connectivity index (χ0n) is 15.5. The molecule has 1 amide bonds. The number of rotatable bonds is 7. The Balaban J connectivity index is 2.06. The Morgan fingerprint density at radius 3 is 2.15 bits per heavy atom. The Labute approximate surface area is 153 Å². The van der Waals surface area contributed by atoms with E-state index in [9.17, 15) is 9.18 Å². The molecule has 1 unspecified atom stereocenters. The van der Waals surface area contributed by atoms with Crippen LogP contribution in [0.1, 0.15) is 47.3 Å². The van der Waals surface area contributed by atoms with Gasteiger partial charge < -0.3 is 20.5 Å². The summed E-state index contributed by atoms with van der Waals surface area (Å²) in [6.45, 7) is 4.42. The Morgan fingerprint density at radius 1 is 1.08 bits per heavy atom. The standard InChI is InChI=1S/C20H25FN2O3/c1-12(2)13-5-7-14(8-6-13)17(22)11-23-20(24)15-9-18(25-3)19(26-4)10-16(15)21/h5-10,12,17H,11,22H2,1-4H3,(H,23,24). The van der Waals surface area contributed by atoms with Gasteiger partial charge in [-0.15, -0.1) is 0 Å². The minimum atomic E-state index is -0.685. The summed E-state index contributed by atoms with van der Waals surface area (Å²) in [4.78, 5) is 12.3. The number of amides is 1. The highest BCUT2D eigenvalue weighted by Crippen LogP contribution is 2.29. The lowest BCUT2D eigenvalue weighted by Crippen LogP contribution is -2.32. The molecule has 0 saturated carbocycles. The Morgan fingerprint density at radius 2 is 1.62 bits per heavy atom.